The van der Waals surface area contributed by atoms with E-state index in [9.17, 15) is 36.5 Å². The van der Waals surface area contributed by atoms with Crippen LogP contribution in [0.1, 0.15) is 15.9 Å². The molecule has 2 aromatic rings. The first-order chi connectivity index (χ1) is 14.3. The van der Waals surface area contributed by atoms with Crippen LogP contribution in [0.2, 0.25) is 0 Å². The zero-order valence-corrected chi connectivity index (χ0v) is 17.0. The van der Waals surface area contributed by atoms with E-state index in [0.717, 1.165) is 12.1 Å². The highest BCUT2D eigenvalue weighted by Crippen LogP contribution is 2.24. The second kappa shape index (κ2) is 9.16. The zero-order chi connectivity index (χ0) is 23.4. The van der Waals surface area contributed by atoms with Crippen molar-refractivity contribution in [3.8, 4) is 0 Å². The van der Waals surface area contributed by atoms with Gasteiger partial charge in [0.25, 0.3) is 21.6 Å². The zero-order valence-electron chi connectivity index (χ0n) is 16.2. The summed E-state index contributed by atoms with van der Waals surface area (Å²) in [6, 6.07) is 8.16. The number of nitro benzene ring substituents is 1. The number of nitrogens with zero attached hydrogens (tertiary/aromatic N) is 2. The Morgan fingerprint density at radius 3 is 2.35 bits per heavy atom. The number of aryl methyl sites for hydroxylation is 1. The van der Waals surface area contributed by atoms with Crippen LogP contribution in [0, 0.1) is 17.0 Å². The molecule has 166 valence electrons. The quantitative estimate of drug-likeness (QED) is 0.367. The third-order valence-electron chi connectivity index (χ3n) is 4.08. The van der Waals surface area contributed by atoms with Crippen LogP contribution in [0.5, 0.6) is 0 Å². The van der Waals surface area contributed by atoms with E-state index in [1.165, 1.54) is 43.3 Å². The second-order valence-electron chi connectivity index (χ2n) is 6.48. The maximum atomic E-state index is 12.7. The van der Waals surface area contributed by atoms with E-state index >= 15 is 0 Å². The Morgan fingerprint density at radius 2 is 1.84 bits per heavy atom. The van der Waals surface area contributed by atoms with Gasteiger partial charge >= 0.3 is 6.18 Å². The Hall–Kier alpha value is -3.41. The molecule has 0 unspecified atom stereocenters. The van der Waals surface area contributed by atoms with Gasteiger partial charge < -0.3 is 4.90 Å². The highest BCUT2D eigenvalue weighted by molar-refractivity contribution is 7.92. The highest BCUT2D eigenvalue weighted by atomic mass is 32.2. The van der Waals surface area contributed by atoms with Crippen LogP contribution in [0.4, 0.5) is 24.5 Å². The van der Waals surface area contributed by atoms with E-state index in [2.05, 4.69) is 11.3 Å². The lowest BCUT2D eigenvalue weighted by Gasteiger charge is -2.22. The number of carbonyl (C=O) groups excluding carboxylic acids is 1. The van der Waals surface area contributed by atoms with Crippen LogP contribution in [-0.4, -0.2) is 43.4 Å². The predicted octanol–water partition coefficient (Wildman–Crippen LogP) is 3.89. The minimum absolute atomic E-state index is 0.0193. The second-order valence-corrected chi connectivity index (χ2v) is 8.16. The number of sulfonamides is 1. The lowest BCUT2D eigenvalue weighted by Crippen LogP contribution is -2.39. The van der Waals surface area contributed by atoms with E-state index < -0.39 is 33.6 Å². The van der Waals surface area contributed by atoms with Gasteiger partial charge in [-0.2, -0.15) is 13.2 Å². The molecule has 1 amide bonds. The fraction of sp³-hybridized carbons (Fsp3) is 0.211. The van der Waals surface area contributed by atoms with Crippen molar-refractivity contribution in [3.63, 3.8) is 0 Å². The first-order valence-electron chi connectivity index (χ1n) is 8.69. The highest BCUT2D eigenvalue weighted by Gasteiger charge is 2.33. The Balaban J connectivity index is 2.23. The number of carbonyl (C=O) groups is 1. The van der Waals surface area contributed by atoms with Crippen LogP contribution in [0.25, 0.3) is 0 Å². The van der Waals surface area contributed by atoms with Crippen LogP contribution in [0.15, 0.2) is 60.0 Å². The number of nitro groups is 1. The van der Waals surface area contributed by atoms with Crippen LogP contribution >= 0.6 is 0 Å². The minimum Gasteiger partial charge on any atom is -0.326 e. The topological polar surface area (TPSA) is 110 Å². The molecule has 0 atom stereocenters. The predicted molar refractivity (Wildman–Crippen MR) is 107 cm³/mol. The molecule has 2 aromatic carbocycles. The van der Waals surface area contributed by atoms with E-state index in [1.54, 1.807) is 0 Å². The van der Waals surface area contributed by atoms with E-state index in [0.29, 0.717) is 4.90 Å². The van der Waals surface area contributed by atoms with Gasteiger partial charge in [-0.15, -0.1) is 6.58 Å². The van der Waals surface area contributed by atoms with Crippen molar-refractivity contribution in [1.82, 2.24) is 4.90 Å². The molecule has 0 aliphatic heterocycles. The van der Waals surface area contributed by atoms with Crippen molar-refractivity contribution in [2.45, 2.75) is 18.0 Å². The van der Waals surface area contributed by atoms with Gasteiger partial charge in [0.15, 0.2) is 0 Å². The maximum absolute atomic E-state index is 12.7. The van der Waals surface area contributed by atoms with Crippen LogP contribution in [0.3, 0.4) is 0 Å². The minimum atomic E-state index is -4.59. The summed E-state index contributed by atoms with van der Waals surface area (Å²) in [4.78, 5) is 22.9. The Bertz CT molecular complexity index is 1100. The molecule has 12 heteroatoms. The molecule has 0 radical (unpaired) electrons. The summed E-state index contributed by atoms with van der Waals surface area (Å²) in [6.45, 7) is 3.02. The van der Waals surface area contributed by atoms with Crippen molar-refractivity contribution in [1.29, 1.82) is 0 Å². The Labute approximate surface area is 176 Å². The molecule has 0 bridgehead atoms. The molecule has 8 nitrogen and oxygen atoms in total. The summed E-state index contributed by atoms with van der Waals surface area (Å²) < 4.78 is 65.2. The monoisotopic (exact) mass is 457 g/mol. The third-order valence-corrected chi connectivity index (χ3v) is 5.46. The Morgan fingerprint density at radius 1 is 1.23 bits per heavy atom. The largest absolute Gasteiger partial charge is 0.406 e. The normalized spacial score (nSPS) is 11.6. The van der Waals surface area contributed by atoms with Crippen molar-refractivity contribution >= 4 is 27.3 Å². The number of hydrogen-bond donors (Lipinski definition) is 1. The molecule has 0 saturated heterocycles. The third kappa shape index (κ3) is 6.28. The molecule has 2 rings (SSSR count). The fourth-order valence-corrected chi connectivity index (χ4v) is 3.70. The SMILES string of the molecule is C=CCN(CC(F)(F)F)C(=O)c1ccc(NS(=O)(=O)c2ccc(C)c([N+](=O)[O-])c2)cc1. The molecular weight excluding hydrogens is 439 g/mol. The van der Waals surface area contributed by atoms with Crippen molar-refractivity contribution < 1.29 is 31.3 Å². The van der Waals surface area contributed by atoms with Gasteiger partial charge in [0, 0.05) is 29.4 Å². The van der Waals surface area contributed by atoms with Gasteiger partial charge in [0.05, 0.1) is 9.82 Å². The number of halogens is 3. The first kappa shape index (κ1) is 23.9. The molecule has 0 aliphatic rings. The number of alkyl halides is 3. The smallest absolute Gasteiger partial charge is 0.326 e. The van der Waals surface area contributed by atoms with Crippen molar-refractivity contribution in [2.75, 3.05) is 17.8 Å². The number of amides is 1. The van der Waals surface area contributed by atoms with Crippen LogP contribution < -0.4 is 4.72 Å². The summed E-state index contributed by atoms with van der Waals surface area (Å²) in [5, 5.41) is 11.0. The number of rotatable bonds is 8. The van der Waals surface area contributed by atoms with E-state index in [1.807, 2.05) is 0 Å². The van der Waals surface area contributed by atoms with Gasteiger partial charge in [0.1, 0.15) is 6.54 Å². The summed E-state index contributed by atoms with van der Waals surface area (Å²) in [5.41, 5.74) is -0.142. The van der Waals surface area contributed by atoms with Gasteiger partial charge in [0.2, 0.25) is 0 Å². The molecule has 0 aromatic heterocycles. The number of nitrogens with one attached hydrogen (secondary N) is 1. The molecule has 0 aliphatic carbocycles. The molecule has 31 heavy (non-hydrogen) atoms. The van der Waals surface area contributed by atoms with Gasteiger partial charge in [-0.1, -0.05) is 12.1 Å². The van der Waals surface area contributed by atoms with Crippen LogP contribution in [-0.2, 0) is 10.0 Å². The Kier molecular flexibility index (Phi) is 7.05. The van der Waals surface area contributed by atoms with Crippen molar-refractivity contribution in [3.05, 3.63) is 76.4 Å². The lowest BCUT2D eigenvalue weighted by molar-refractivity contribution is -0.385. The summed E-state index contributed by atoms with van der Waals surface area (Å²) in [7, 11) is -4.18. The standard InChI is InChI=1S/C19H18F3N3O5S/c1-3-10-24(12-19(20,21)22)18(26)14-5-7-15(8-6-14)23-31(29,30)16-9-4-13(2)17(11-16)25(27)28/h3-9,11,23H,1,10,12H2,2H3. The van der Waals surface area contributed by atoms with Crippen molar-refractivity contribution in [2.24, 2.45) is 0 Å². The average molecular weight is 457 g/mol. The lowest BCUT2D eigenvalue weighted by atomic mass is 10.2. The van der Waals surface area contributed by atoms with E-state index in [4.69, 9.17) is 0 Å². The average Bonchev–Trinajstić information content (AvgIpc) is 2.66. The first-order valence-corrected chi connectivity index (χ1v) is 10.2. The number of anilines is 1. The number of hydrogen-bond acceptors (Lipinski definition) is 5. The molecular formula is C19H18F3N3O5S. The van der Waals surface area contributed by atoms with Gasteiger partial charge in [-0.05, 0) is 37.3 Å². The maximum Gasteiger partial charge on any atom is 0.406 e. The summed E-state index contributed by atoms with van der Waals surface area (Å²) in [5.74, 6) is -0.902. The summed E-state index contributed by atoms with van der Waals surface area (Å²) in [6.07, 6.45) is -3.43. The molecule has 0 spiro atoms. The number of benzene rings is 2. The summed E-state index contributed by atoms with van der Waals surface area (Å²) >= 11 is 0. The van der Waals surface area contributed by atoms with E-state index in [-0.39, 0.29) is 33.9 Å². The van der Waals surface area contributed by atoms with Gasteiger partial charge in [-0.3, -0.25) is 19.6 Å². The van der Waals surface area contributed by atoms with Gasteiger partial charge in [-0.25, -0.2) is 8.42 Å². The molecule has 0 fully saturated rings. The molecule has 0 saturated carbocycles. The molecule has 0 heterocycles. The molecule has 1 N–H and O–H groups in total. The fourth-order valence-electron chi connectivity index (χ4n) is 2.62.